The number of pyridine rings is 1. The summed E-state index contributed by atoms with van der Waals surface area (Å²) in [7, 11) is 2.08. The lowest BCUT2D eigenvalue weighted by atomic mass is 10.1. The molecule has 1 aromatic carbocycles. The smallest absolute Gasteiger partial charge is 0.189 e. The second kappa shape index (κ2) is 7.92. The summed E-state index contributed by atoms with van der Waals surface area (Å²) in [6, 6.07) is 14.6. The number of aromatic nitrogens is 1. The van der Waals surface area contributed by atoms with Gasteiger partial charge in [-0.25, -0.2) is 0 Å². The van der Waals surface area contributed by atoms with Crippen LogP contribution < -0.4 is 15.2 Å². The number of hydrogen-bond donors (Lipinski definition) is 1. The monoisotopic (exact) mass is 380 g/mol. The molecule has 0 amide bonds. The minimum absolute atomic E-state index is 0.687. The largest absolute Gasteiger partial charge is 0.372 e. The summed E-state index contributed by atoms with van der Waals surface area (Å²) >= 11 is 5.58. The lowest BCUT2D eigenvalue weighted by Gasteiger charge is -2.37. The highest BCUT2D eigenvalue weighted by atomic mass is 32.1. The zero-order valence-corrected chi connectivity index (χ0v) is 16.3. The molecule has 2 aromatic rings. The van der Waals surface area contributed by atoms with Gasteiger partial charge in [0, 0.05) is 58.1 Å². The van der Waals surface area contributed by atoms with Gasteiger partial charge in [0.05, 0.1) is 11.4 Å². The van der Waals surface area contributed by atoms with E-state index in [1.807, 2.05) is 18.3 Å². The van der Waals surface area contributed by atoms with Crippen LogP contribution in [0.2, 0.25) is 0 Å². The molecule has 0 aliphatic carbocycles. The highest BCUT2D eigenvalue weighted by Gasteiger charge is 2.22. The van der Waals surface area contributed by atoms with E-state index in [9.17, 15) is 0 Å². The molecule has 0 unspecified atom stereocenters. The number of rotatable bonds is 2. The fraction of sp³-hybridized carbons (Fsp3) is 0.350. The van der Waals surface area contributed by atoms with Crippen LogP contribution in [0, 0.1) is 0 Å². The highest BCUT2D eigenvalue weighted by Crippen LogP contribution is 2.23. The predicted octanol–water partition coefficient (Wildman–Crippen LogP) is 2.32. The van der Waals surface area contributed by atoms with Crippen molar-refractivity contribution in [3.8, 4) is 0 Å². The van der Waals surface area contributed by atoms with Crippen LogP contribution in [0.15, 0.2) is 53.8 Å². The summed E-state index contributed by atoms with van der Waals surface area (Å²) in [6.45, 7) is 4.63. The van der Waals surface area contributed by atoms with Gasteiger partial charge < -0.3 is 14.7 Å². The Morgan fingerprint density at radius 2 is 1.81 bits per heavy atom. The van der Waals surface area contributed by atoms with E-state index in [4.69, 9.17) is 12.2 Å². The van der Waals surface area contributed by atoms with Gasteiger partial charge in [0.25, 0.3) is 0 Å². The summed E-state index contributed by atoms with van der Waals surface area (Å²) < 4.78 is 0. The zero-order chi connectivity index (χ0) is 18.6. The Morgan fingerprint density at radius 3 is 2.59 bits per heavy atom. The topological polar surface area (TPSA) is 47.0 Å². The standard InChI is InChI=1S/C20H24N6S/c1-24-11-9-17(19-18(24)8-5-10-21-19)22-23-20(27)26-14-12-25(13-15-26)16-6-3-2-4-7-16/h2-8,10H,9,11-15H2,1H3,(H,23,27)/b22-17-. The van der Waals surface area contributed by atoms with Crippen LogP contribution in [0.1, 0.15) is 12.1 Å². The molecule has 4 rings (SSSR count). The van der Waals surface area contributed by atoms with Crippen LogP contribution >= 0.6 is 12.2 Å². The Kier molecular flexibility index (Phi) is 5.20. The third kappa shape index (κ3) is 3.88. The SMILES string of the molecule is CN1CC/C(=N/NC(=S)N2CCN(c3ccccc3)CC2)c2ncccc21. The lowest BCUT2D eigenvalue weighted by molar-refractivity contribution is 0.381. The van der Waals surface area contributed by atoms with Crippen LogP contribution in [0.25, 0.3) is 0 Å². The maximum atomic E-state index is 5.58. The molecule has 1 fully saturated rings. The van der Waals surface area contributed by atoms with E-state index in [0.717, 1.165) is 56.2 Å². The number of thiocarbonyl (C=S) groups is 1. The van der Waals surface area contributed by atoms with Crippen molar-refractivity contribution in [2.24, 2.45) is 5.10 Å². The first-order valence-electron chi connectivity index (χ1n) is 9.30. The number of anilines is 2. The number of nitrogens with one attached hydrogen (secondary N) is 1. The minimum Gasteiger partial charge on any atom is -0.372 e. The van der Waals surface area contributed by atoms with Crippen molar-refractivity contribution >= 4 is 34.4 Å². The fourth-order valence-electron chi connectivity index (χ4n) is 3.54. The van der Waals surface area contributed by atoms with Crippen LogP contribution in [0.4, 0.5) is 11.4 Å². The van der Waals surface area contributed by atoms with Gasteiger partial charge in [0.2, 0.25) is 0 Å². The molecule has 27 heavy (non-hydrogen) atoms. The second-order valence-corrected chi connectivity index (χ2v) is 7.21. The molecule has 0 radical (unpaired) electrons. The quantitative estimate of drug-likeness (QED) is 0.637. The summed E-state index contributed by atoms with van der Waals surface area (Å²) in [5.41, 5.74) is 7.39. The summed E-state index contributed by atoms with van der Waals surface area (Å²) in [4.78, 5) is 11.3. The Bertz CT molecular complexity index is 829. The maximum absolute atomic E-state index is 5.58. The maximum Gasteiger partial charge on any atom is 0.189 e. The van der Waals surface area contributed by atoms with Crippen LogP contribution in [-0.4, -0.2) is 60.5 Å². The van der Waals surface area contributed by atoms with Crippen molar-refractivity contribution in [1.82, 2.24) is 15.3 Å². The molecule has 0 bridgehead atoms. The average Bonchev–Trinajstić information content (AvgIpc) is 2.74. The molecule has 1 aromatic heterocycles. The number of hydrogen-bond acceptors (Lipinski definition) is 5. The van der Waals surface area contributed by atoms with Crippen molar-refractivity contribution in [3.05, 3.63) is 54.4 Å². The van der Waals surface area contributed by atoms with E-state index in [1.165, 1.54) is 5.69 Å². The van der Waals surface area contributed by atoms with E-state index >= 15 is 0 Å². The summed E-state index contributed by atoms with van der Waals surface area (Å²) in [5, 5.41) is 5.28. The molecule has 140 valence electrons. The first kappa shape index (κ1) is 17.7. The fourth-order valence-corrected chi connectivity index (χ4v) is 3.77. The van der Waals surface area contributed by atoms with E-state index < -0.39 is 0 Å². The number of para-hydroxylation sites is 1. The average molecular weight is 381 g/mol. The number of nitrogens with zero attached hydrogens (tertiary/aromatic N) is 5. The normalized spacial score (nSPS) is 18.4. The third-order valence-electron chi connectivity index (χ3n) is 5.13. The summed E-state index contributed by atoms with van der Waals surface area (Å²) in [5.74, 6) is 0. The number of piperazine rings is 1. The van der Waals surface area contributed by atoms with Crippen LogP contribution in [-0.2, 0) is 0 Å². The number of fused-ring (bicyclic) bond motifs is 1. The molecule has 6 nitrogen and oxygen atoms in total. The number of hydrazone groups is 1. The molecular formula is C20H24N6S. The minimum atomic E-state index is 0.687. The summed E-state index contributed by atoms with van der Waals surface area (Å²) in [6.07, 6.45) is 2.67. The van der Waals surface area contributed by atoms with Crippen molar-refractivity contribution < 1.29 is 0 Å². The molecule has 2 aliphatic rings. The Balaban J connectivity index is 1.37. The van der Waals surface area contributed by atoms with Gasteiger partial charge in [0.1, 0.15) is 5.69 Å². The van der Waals surface area contributed by atoms with Gasteiger partial charge in [-0.2, -0.15) is 5.10 Å². The van der Waals surface area contributed by atoms with Crippen molar-refractivity contribution in [2.45, 2.75) is 6.42 Å². The van der Waals surface area contributed by atoms with Crippen molar-refractivity contribution in [1.29, 1.82) is 0 Å². The van der Waals surface area contributed by atoms with Crippen LogP contribution in [0.5, 0.6) is 0 Å². The zero-order valence-electron chi connectivity index (χ0n) is 15.5. The van der Waals surface area contributed by atoms with E-state index in [-0.39, 0.29) is 0 Å². The first-order valence-corrected chi connectivity index (χ1v) is 9.71. The first-order chi connectivity index (χ1) is 13.2. The molecule has 0 atom stereocenters. The molecule has 0 saturated carbocycles. The van der Waals surface area contributed by atoms with Gasteiger partial charge in [-0.1, -0.05) is 18.2 Å². The molecule has 1 saturated heterocycles. The Labute approximate surface area is 165 Å². The van der Waals surface area contributed by atoms with Crippen molar-refractivity contribution in [3.63, 3.8) is 0 Å². The molecule has 2 aliphatic heterocycles. The Hall–Kier alpha value is -2.67. The van der Waals surface area contributed by atoms with Gasteiger partial charge in [0.15, 0.2) is 5.11 Å². The van der Waals surface area contributed by atoms with Gasteiger partial charge >= 0.3 is 0 Å². The number of benzene rings is 1. The van der Waals surface area contributed by atoms with Gasteiger partial charge in [-0.3, -0.25) is 10.4 Å². The molecule has 7 heteroatoms. The van der Waals surface area contributed by atoms with Crippen LogP contribution in [0.3, 0.4) is 0 Å². The lowest BCUT2D eigenvalue weighted by Crippen LogP contribution is -2.51. The molecule has 3 heterocycles. The molecule has 1 N–H and O–H groups in total. The van der Waals surface area contributed by atoms with E-state index in [2.05, 4.69) is 67.6 Å². The highest BCUT2D eigenvalue weighted by molar-refractivity contribution is 7.80. The molecular weight excluding hydrogens is 356 g/mol. The Morgan fingerprint density at radius 1 is 1.04 bits per heavy atom. The van der Waals surface area contributed by atoms with Gasteiger partial charge in [-0.15, -0.1) is 0 Å². The van der Waals surface area contributed by atoms with Crippen molar-refractivity contribution in [2.75, 3.05) is 49.6 Å². The predicted molar refractivity (Wildman–Crippen MR) is 115 cm³/mol. The van der Waals surface area contributed by atoms with Gasteiger partial charge in [-0.05, 0) is 36.5 Å². The van der Waals surface area contributed by atoms with E-state index in [1.54, 1.807) is 0 Å². The van der Waals surface area contributed by atoms with E-state index in [0.29, 0.717) is 5.11 Å². The second-order valence-electron chi connectivity index (χ2n) is 6.83. The molecule has 0 spiro atoms. The third-order valence-corrected chi connectivity index (χ3v) is 5.48.